The molecule has 0 saturated carbocycles. The molecule has 0 bridgehead atoms. The topological polar surface area (TPSA) is 55.4 Å². The summed E-state index contributed by atoms with van der Waals surface area (Å²) in [5, 5.41) is 0. The molecule has 2 fully saturated rings. The van der Waals surface area contributed by atoms with E-state index in [1.165, 1.54) is 0 Å². The summed E-state index contributed by atoms with van der Waals surface area (Å²) < 4.78 is 33.8. The van der Waals surface area contributed by atoms with Gasteiger partial charge in [0.2, 0.25) is 0 Å². The normalized spacial score (nSPS) is 35.4. The van der Waals surface area contributed by atoms with Crippen LogP contribution >= 0.6 is 0 Å². The summed E-state index contributed by atoms with van der Waals surface area (Å²) in [7, 11) is 0. The molecule has 0 aromatic carbocycles. The van der Waals surface area contributed by atoms with E-state index < -0.39 is 6.96 Å². The fraction of sp³-hybridized carbons (Fsp3) is 0.733. The van der Waals surface area contributed by atoms with Crippen molar-refractivity contribution in [1.82, 2.24) is 0 Å². The molecule has 0 aromatic heterocycles. The van der Waals surface area contributed by atoms with Crippen LogP contribution in [0.2, 0.25) is 0 Å². The third kappa shape index (κ3) is 4.91. The average molecular weight is 313 g/mol. The number of hydrogen-bond donors (Lipinski definition) is 0. The van der Waals surface area contributed by atoms with Gasteiger partial charge >= 0.3 is 6.96 Å². The lowest BCUT2D eigenvalue weighted by molar-refractivity contribution is -0.151. The van der Waals surface area contributed by atoms with Gasteiger partial charge in [0.15, 0.2) is 0 Å². The van der Waals surface area contributed by atoms with E-state index in [-0.39, 0.29) is 11.3 Å². The predicted molar refractivity (Wildman–Crippen MR) is 83.2 cm³/mol. The third-order valence-corrected chi connectivity index (χ3v) is 3.62. The Morgan fingerprint density at radius 1 is 1.05 bits per heavy atom. The Morgan fingerprint density at radius 3 is 2.23 bits per heavy atom. The zero-order chi connectivity index (χ0) is 15.9. The van der Waals surface area contributed by atoms with Gasteiger partial charge in [0.05, 0.1) is 26.4 Å². The summed E-state index contributed by atoms with van der Waals surface area (Å²) >= 11 is 0. The highest BCUT2D eigenvalue weighted by atomic mass is 16.9. The Balaban J connectivity index is 1.72. The van der Waals surface area contributed by atoms with E-state index in [0.29, 0.717) is 52.9 Å². The maximum Gasteiger partial charge on any atom is 0.531 e. The zero-order valence-corrected chi connectivity index (χ0v) is 13.3. The van der Waals surface area contributed by atoms with Crippen molar-refractivity contribution in [2.45, 2.75) is 6.92 Å². The first-order valence-corrected chi connectivity index (χ1v) is 7.67. The van der Waals surface area contributed by atoms with Crippen molar-refractivity contribution in [2.24, 2.45) is 11.3 Å². The first kappa shape index (κ1) is 17.7. The van der Waals surface area contributed by atoms with Gasteiger partial charge < -0.3 is 28.1 Å². The standard InChI is InChI=1S/C15H26BO6/c1-4-6-17-8-14-9-19-16(20-10-14)21-12-15(3,13-22-16)11-18-7-5-2/h4-5,14H,1-2,6-13H2,3H3/q-1. The summed E-state index contributed by atoms with van der Waals surface area (Å²) in [5.41, 5.74) is -0.202. The number of rotatable bonds is 8. The second-order valence-electron chi connectivity index (χ2n) is 6.17. The monoisotopic (exact) mass is 313 g/mol. The highest BCUT2D eigenvalue weighted by molar-refractivity contribution is 6.53. The van der Waals surface area contributed by atoms with Crippen molar-refractivity contribution in [3.63, 3.8) is 0 Å². The zero-order valence-electron chi connectivity index (χ0n) is 13.3. The lowest BCUT2D eigenvalue weighted by Crippen LogP contribution is -2.61. The van der Waals surface area contributed by atoms with Crippen molar-refractivity contribution < 1.29 is 28.1 Å². The van der Waals surface area contributed by atoms with Crippen LogP contribution in [0.4, 0.5) is 0 Å². The molecule has 1 spiro atoms. The molecule has 0 aliphatic carbocycles. The second-order valence-corrected chi connectivity index (χ2v) is 6.17. The molecule has 2 aliphatic heterocycles. The van der Waals surface area contributed by atoms with Crippen LogP contribution in [-0.2, 0) is 28.1 Å². The molecule has 0 amide bonds. The van der Waals surface area contributed by atoms with Gasteiger partial charge in [0.1, 0.15) is 0 Å². The summed E-state index contributed by atoms with van der Waals surface area (Å²) in [6.07, 6.45) is 3.44. The largest absolute Gasteiger partial charge is 0.531 e. The minimum absolute atomic E-state index is 0.184. The molecular formula is C15H26BO6-. The van der Waals surface area contributed by atoms with Gasteiger partial charge in [-0.2, -0.15) is 0 Å². The molecule has 0 N–H and O–H groups in total. The lowest BCUT2D eigenvalue weighted by Gasteiger charge is -2.52. The predicted octanol–water partition coefficient (Wildman–Crippen LogP) is 1.54. The van der Waals surface area contributed by atoms with Crippen LogP contribution in [0.3, 0.4) is 0 Å². The molecule has 126 valence electrons. The average Bonchev–Trinajstić information content (AvgIpc) is 2.53. The van der Waals surface area contributed by atoms with Crippen molar-refractivity contribution in [3.8, 4) is 0 Å². The van der Waals surface area contributed by atoms with Crippen molar-refractivity contribution in [1.29, 1.82) is 0 Å². The minimum Gasteiger partial charge on any atom is -0.518 e. The lowest BCUT2D eigenvalue weighted by atomic mass is 9.87. The summed E-state index contributed by atoms with van der Waals surface area (Å²) in [6.45, 7) is 11.3. The van der Waals surface area contributed by atoms with E-state index in [9.17, 15) is 0 Å². The summed E-state index contributed by atoms with van der Waals surface area (Å²) in [5.74, 6) is 0.184. The van der Waals surface area contributed by atoms with Crippen LogP contribution in [0.25, 0.3) is 0 Å². The summed E-state index contributed by atoms with van der Waals surface area (Å²) in [4.78, 5) is 0. The quantitative estimate of drug-likeness (QED) is 0.385. The van der Waals surface area contributed by atoms with Crippen LogP contribution in [-0.4, -0.2) is 59.8 Å². The Bertz CT molecular complexity index is 357. The van der Waals surface area contributed by atoms with E-state index >= 15 is 0 Å². The molecule has 2 rings (SSSR count). The van der Waals surface area contributed by atoms with Gasteiger partial charge in [-0.3, -0.25) is 0 Å². The summed E-state index contributed by atoms with van der Waals surface area (Å²) in [6, 6.07) is 0. The van der Waals surface area contributed by atoms with Crippen molar-refractivity contribution in [3.05, 3.63) is 25.3 Å². The van der Waals surface area contributed by atoms with Gasteiger partial charge in [-0.15, -0.1) is 13.2 Å². The maximum absolute atomic E-state index is 5.76. The fourth-order valence-electron chi connectivity index (χ4n) is 2.38. The fourth-order valence-corrected chi connectivity index (χ4v) is 2.38. The maximum atomic E-state index is 5.76. The van der Waals surface area contributed by atoms with Crippen LogP contribution in [0.15, 0.2) is 25.3 Å². The van der Waals surface area contributed by atoms with Crippen LogP contribution in [0, 0.1) is 11.3 Å². The Kier molecular flexibility index (Phi) is 6.61. The van der Waals surface area contributed by atoms with Gasteiger partial charge in [0.25, 0.3) is 0 Å². The molecule has 0 unspecified atom stereocenters. The highest BCUT2D eigenvalue weighted by Crippen LogP contribution is 2.31. The van der Waals surface area contributed by atoms with E-state index in [4.69, 9.17) is 28.1 Å². The second kappa shape index (κ2) is 8.24. The van der Waals surface area contributed by atoms with E-state index in [0.717, 1.165) is 0 Å². The van der Waals surface area contributed by atoms with Gasteiger partial charge in [0, 0.05) is 37.8 Å². The van der Waals surface area contributed by atoms with Crippen molar-refractivity contribution in [2.75, 3.05) is 52.9 Å². The van der Waals surface area contributed by atoms with Crippen LogP contribution in [0.5, 0.6) is 0 Å². The van der Waals surface area contributed by atoms with E-state index in [2.05, 4.69) is 13.2 Å². The van der Waals surface area contributed by atoms with E-state index in [1.807, 2.05) is 6.92 Å². The molecule has 7 heteroatoms. The Morgan fingerprint density at radius 2 is 1.64 bits per heavy atom. The third-order valence-electron chi connectivity index (χ3n) is 3.62. The molecule has 22 heavy (non-hydrogen) atoms. The number of ether oxygens (including phenoxy) is 2. The SMILES string of the molecule is C=CCOCC1CO[B-]2(OC1)OCC(C)(COCC=C)CO2. The smallest absolute Gasteiger partial charge is 0.518 e. The van der Waals surface area contributed by atoms with Gasteiger partial charge in [-0.05, 0) is 0 Å². The molecule has 0 aromatic rings. The van der Waals surface area contributed by atoms with Gasteiger partial charge in [-0.25, -0.2) is 0 Å². The minimum atomic E-state index is -2.08. The van der Waals surface area contributed by atoms with Crippen LogP contribution in [0.1, 0.15) is 6.92 Å². The number of hydrogen-bond acceptors (Lipinski definition) is 6. The van der Waals surface area contributed by atoms with Crippen molar-refractivity contribution >= 4 is 6.96 Å². The molecule has 0 radical (unpaired) electrons. The first-order valence-electron chi connectivity index (χ1n) is 7.67. The van der Waals surface area contributed by atoms with Gasteiger partial charge in [-0.1, -0.05) is 19.1 Å². The molecule has 2 heterocycles. The van der Waals surface area contributed by atoms with E-state index in [1.54, 1.807) is 12.2 Å². The Hall–Kier alpha value is -0.695. The molecule has 2 aliphatic rings. The first-order chi connectivity index (χ1) is 10.6. The molecule has 0 atom stereocenters. The molecule has 2 saturated heterocycles. The molecular weight excluding hydrogens is 287 g/mol. The highest BCUT2D eigenvalue weighted by Gasteiger charge is 2.44. The van der Waals surface area contributed by atoms with Crippen LogP contribution < -0.4 is 0 Å². The Labute approximate surface area is 132 Å². The molecule has 6 nitrogen and oxygen atoms in total.